The molecule has 0 aliphatic rings. The van der Waals surface area contributed by atoms with Crippen LogP contribution >= 0.6 is 0 Å². The van der Waals surface area contributed by atoms with Gasteiger partial charge in [0.25, 0.3) is 6.43 Å². The minimum Gasteiger partial charge on any atom is -0.383 e. The minimum atomic E-state index is -2.30. The molecule has 0 aliphatic carbocycles. The van der Waals surface area contributed by atoms with Gasteiger partial charge in [0.15, 0.2) is 0 Å². The lowest BCUT2D eigenvalue weighted by atomic mass is 10.4. The second-order valence-corrected chi connectivity index (χ2v) is 2.47. The lowest BCUT2D eigenvalue weighted by Crippen LogP contribution is -2.35. The van der Waals surface area contributed by atoms with E-state index in [1.807, 2.05) is 0 Å². The number of ether oxygens (including phenoxy) is 1. The van der Waals surface area contributed by atoms with Crippen molar-refractivity contribution in [1.82, 2.24) is 4.90 Å². The molecule has 0 amide bonds. The molecule has 0 unspecified atom stereocenters. The average molecular weight is 182 g/mol. The van der Waals surface area contributed by atoms with E-state index in [0.29, 0.717) is 26.2 Å². The van der Waals surface area contributed by atoms with E-state index in [1.165, 1.54) is 0 Å². The van der Waals surface area contributed by atoms with Gasteiger partial charge in [-0.15, -0.1) is 0 Å². The zero-order chi connectivity index (χ0) is 9.40. The second kappa shape index (κ2) is 7.39. The fourth-order valence-electron chi connectivity index (χ4n) is 0.893. The Bertz CT molecular complexity index is 103. The Morgan fingerprint density at radius 3 is 2.50 bits per heavy atom. The molecule has 74 valence electrons. The maximum absolute atomic E-state index is 11.9. The molecule has 0 aromatic heterocycles. The first-order valence-electron chi connectivity index (χ1n) is 3.90. The van der Waals surface area contributed by atoms with Gasteiger partial charge < -0.3 is 10.5 Å². The summed E-state index contributed by atoms with van der Waals surface area (Å²) in [6.07, 6.45) is -2.30. The molecule has 2 N–H and O–H groups in total. The topological polar surface area (TPSA) is 38.5 Å². The van der Waals surface area contributed by atoms with Gasteiger partial charge in [0, 0.05) is 26.7 Å². The molecular weight excluding hydrogens is 166 g/mol. The molecular formula is C7H16F2N2O. The van der Waals surface area contributed by atoms with Crippen LogP contribution in [0.1, 0.15) is 0 Å². The van der Waals surface area contributed by atoms with E-state index in [4.69, 9.17) is 10.5 Å². The van der Waals surface area contributed by atoms with Gasteiger partial charge in [-0.25, -0.2) is 8.78 Å². The van der Waals surface area contributed by atoms with Crippen LogP contribution in [0, 0.1) is 0 Å². The average Bonchev–Trinajstić information content (AvgIpc) is 2.00. The number of hydrogen-bond donors (Lipinski definition) is 1. The van der Waals surface area contributed by atoms with Crippen LogP contribution in [0.15, 0.2) is 0 Å². The number of nitrogens with zero attached hydrogens (tertiary/aromatic N) is 1. The smallest absolute Gasteiger partial charge is 0.251 e. The van der Waals surface area contributed by atoms with E-state index < -0.39 is 6.43 Å². The molecule has 0 radical (unpaired) electrons. The highest BCUT2D eigenvalue weighted by atomic mass is 19.3. The van der Waals surface area contributed by atoms with Crippen LogP contribution in [0.4, 0.5) is 8.78 Å². The van der Waals surface area contributed by atoms with Crippen LogP contribution < -0.4 is 5.73 Å². The first kappa shape index (κ1) is 11.7. The summed E-state index contributed by atoms with van der Waals surface area (Å²) in [6.45, 7) is 1.65. The van der Waals surface area contributed by atoms with E-state index in [9.17, 15) is 8.78 Å². The standard InChI is InChI=1S/C7H16F2N2O/c1-12-5-4-11(3-2-10)6-7(8)9/h7H,2-6,10H2,1H3. The van der Waals surface area contributed by atoms with E-state index in [0.717, 1.165) is 0 Å². The van der Waals surface area contributed by atoms with Gasteiger partial charge in [-0.2, -0.15) is 0 Å². The summed E-state index contributed by atoms with van der Waals surface area (Å²) in [6, 6.07) is 0. The lowest BCUT2D eigenvalue weighted by molar-refractivity contribution is 0.0724. The highest BCUT2D eigenvalue weighted by Crippen LogP contribution is 1.97. The molecule has 0 heterocycles. The number of alkyl halides is 2. The van der Waals surface area contributed by atoms with Crippen molar-refractivity contribution in [3.63, 3.8) is 0 Å². The molecule has 0 bridgehead atoms. The van der Waals surface area contributed by atoms with Gasteiger partial charge in [-0.3, -0.25) is 4.90 Å². The van der Waals surface area contributed by atoms with E-state index in [-0.39, 0.29) is 6.54 Å². The maximum Gasteiger partial charge on any atom is 0.251 e. The molecule has 0 rings (SSSR count). The Labute approximate surface area is 71.5 Å². The fourth-order valence-corrected chi connectivity index (χ4v) is 0.893. The highest BCUT2D eigenvalue weighted by Gasteiger charge is 2.10. The fraction of sp³-hybridized carbons (Fsp3) is 1.00. The predicted molar refractivity (Wildman–Crippen MR) is 43.4 cm³/mol. The Kier molecular flexibility index (Phi) is 7.23. The molecule has 12 heavy (non-hydrogen) atoms. The Morgan fingerprint density at radius 1 is 1.42 bits per heavy atom. The van der Waals surface area contributed by atoms with Crippen LogP contribution in [-0.2, 0) is 4.74 Å². The van der Waals surface area contributed by atoms with Gasteiger partial charge in [-0.05, 0) is 0 Å². The van der Waals surface area contributed by atoms with Gasteiger partial charge in [0.1, 0.15) is 0 Å². The zero-order valence-electron chi connectivity index (χ0n) is 7.30. The normalized spacial score (nSPS) is 11.5. The predicted octanol–water partition coefficient (Wildman–Crippen LogP) is 0.159. The van der Waals surface area contributed by atoms with Crippen LogP contribution in [0.3, 0.4) is 0 Å². The summed E-state index contributed by atoms with van der Waals surface area (Å²) in [5.41, 5.74) is 5.25. The molecule has 5 heteroatoms. The largest absolute Gasteiger partial charge is 0.383 e. The van der Waals surface area contributed by atoms with E-state index in [2.05, 4.69) is 0 Å². The number of nitrogens with two attached hydrogens (primary N) is 1. The quantitative estimate of drug-likeness (QED) is 0.609. The van der Waals surface area contributed by atoms with Crippen molar-refractivity contribution >= 4 is 0 Å². The molecule has 0 saturated heterocycles. The van der Waals surface area contributed by atoms with Gasteiger partial charge in [0.2, 0.25) is 0 Å². The third-order valence-corrected chi connectivity index (χ3v) is 1.45. The Hall–Kier alpha value is -0.260. The van der Waals surface area contributed by atoms with Gasteiger partial charge in [0.05, 0.1) is 13.2 Å². The zero-order valence-corrected chi connectivity index (χ0v) is 7.30. The number of methoxy groups -OCH3 is 1. The van der Waals surface area contributed by atoms with Gasteiger partial charge in [-0.1, -0.05) is 0 Å². The van der Waals surface area contributed by atoms with Crippen molar-refractivity contribution in [3.8, 4) is 0 Å². The van der Waals surface area contributed by atoms with E-state index in [1.54, 1.807) is 12.0 Å². The summed E-state index contributed by atoms with van der Waals surface area (Å²) in [5, 5.41) is 0. The number of rotatable bonds is 7. The molecule has 0 aromatic rings. The SMILES string of the molecule is COCCN(CCN)CC(F)F. The maximum atomic E-state index is 11.9. The monoisotopic (exact) mass is 182 g/mol. The minimum absolute atomic E-state index is 0.222. The molecule has 0 aliphatic heterocycles. The molecule has 0 saturated carbocycles. The Balaban J connectivity index is 3.54. The summed E-state index contributed by atoms with van der Waals surface area (Å²) in [4.78, 5) is 1.59. The summed E-state index contributed by atoms with van der Waals surface area (Å²) in [5.74, 6) is 0. The summed E-state index contributed by atoms with van der Waals surface area (Å²) in [7, 11) is 1.54. The molecule has 3 nitrogen and oxygen atoms in total. The van der Waals surface area contributed by atoms with Crippen molar-refractivity contribution in [1.29, 1.82) is 0 Å². The summed E-state index contributed by atoms with van der Waals surface area (Å²) < 4.78 is 28.6. The van der Waals surface area contributed by atoms with Crippen molar-refractivity contribution in [2.75, 3.05) is 39.9 Å². The highest BCUT2D eigenvalue weighted by molar-refractivity contribution is 4.58. The first-order valence-corrected chi connectivity index (χ1v) is 3.90. The van der Waals surface area contributed by atoms with Crippen LogP contribution in [-0.4, -0.2) is 51.2 Å². The number of hydrogen-bond acceptors (Lipinski definition) is 3. The third-order valence-electron chi connectivity index (χ3n) is 1.45. The van der Waals surface area contributed by atoms with Crippen molar-refractivity contribution in [2.24, 2.45) is 5.73 Å². The number of halogens is 2. The molecule has 0 atom stereocenters. The van der Waals surface area contributed by atoms with Crippen molar-refractivity contribution < 1.29 is 13.5 Å². The lowest BCUT2D eigenvalue weighted by Gasteiger charge is -2.20. The van der Waals surface area contributed by atoms with Crippen LogP contribution in [0.2, 0.25) is 0 Å². The third kappa shape index (κ3) is 6.45. The van der Waals surface area contributed by atoms with E-state index >= 15 is 0 Å². The van der Waals surface area contributed by atoms with Gasteiger partial charge >= 0.3 is 0 Å². The molecule has 0 fully saturated rings. The second-order valence-electron chi connectivity index (χ2n) is 2.47. The summed E-state index contributed by atoms with van der Waals surface area (Å²) >= 11 is 0. The van der Waals surface area contributed by atoms with Crippen molar-refractivity contribution in [2.45, 2.75) is 6.43 Å². The van der Waals surface area contributed by atoms with Crippen molar-refractivity contribution in [3.05, 3.63) is 0 Å². The van der Waals surface area contributed by atoms with Crippen LogP contribution in [0.5, 0.6) is 0 Å². The molecule has 0 aromatic carbocycles. The van der Waals surface area contributed by atoms with Crippen LogP contribution in [0.25, 0.3) is 0 Å². The first-order chi connectivity index (χ1) is 5.70. The molecule has 0 spiro atoms. The Morgan fingerprint density at radius 2 is 2.08 bits per heavy atom.